The van der Waals surface area contributed by atoms with Crippen molar-refractivity contribution in [1.82, 2.24) is 5.32 Å². The minimum Gasteiger partial charge on any atom is -0.495 e. The van der Waals surface area contributed by atoms with E-state index in [1.165, 1.54) is 27.3 Å². The highest BCUT2D eigenvalue weighted by molar-refractivity contribution is 5.97. The fourth-order valence-electron chi connectivity index (χ4n) is 1.61. The lowest BCUT2D eigenvalue weighted by atomic mass is 10.1. The number of hydrogen-bond acceptors (Lipinski definition) is 5. The summed E-state index contributed by atoms with van der Waals surface area (Å²) in [6, 6.07) is 4.66. The van der Waals surface area contributed by atoms with E-state index in [9.17, 15) is 14.4 Å². The van der Waals surface area contributed by atoms with Crippen molar-refractivity contribution in [3.05, 3.63) is 23.8 Å². The van der Waals surface area contributed by atoms with Crippen molar-refractivity contribution in [2.75, 3.05) is 26.6 Å². The Labute approximate surface area is 122 Å². The zero-order chi connectivity index (χ0) is 15.8. The van der Waals surface area contributed by atoms with Crippen molar-refractivity contribution >= 4 is 23.5 Å². The highest BCUT2D eigenvalue weighted by Gasteiger charge is 2.12. The quantitative estimate of drug-likeness (QED) is 0.762. The molecular formula is C14H18N2O5. The van der Waals surface area contributed by atoms with Crippen molar-refractivity contribution in [2.24, 2.45) is 0 Å². The zero-order valence-corrected chi connectivity index (χ0v) is 12.2. The van der Waals surface area contributed by atoms with Crippen LogP contribution >= 0.6 is 0 Å². The molecule has 0 radical (unpaired) electrons. The van der Waals surface area contributed by atoms with Crippen LogP contribution in [0.5, 0.6) is 5.75 Å². The number of esters is 1. The summed E-state index contributed by atoms with van der Waals surface area (Å²) >= 11 is 0. The topological polar surface area (TPSA) is 93.7 Å². The molecular weight excluding hydrogens is 276 g/mol. The summed E-state index contributed by atoms with van der Waals surface area (Å²) in [5.74, 6) is -0.683. The molecule has 1 aromatic carbocycles. The van der Waals surface area contributed by atoms with Gasteiger partial charge in [0.2, 0.25) is 5.91 Å². The number of amides is 2. The number of anilines is 1. The van der Waals surface area contributed by atoms with Gasteiger partial charge >= 0.3 is 5.97 Å². The molecule has 7 heteroatoms. The fraction of sp³-hybridized carbons (Fsp3) is 0.357. The van der Waals surface area contributed by atoms with Crippen LogP contribution in [-0.2, 0) is 14.3 Å². The monoisotopic (exact) mass is 294 g/mol. The van der Waals surface area contributed by atoms with E-state index in [2.05, 4.69) is 15.4 Å². The highest BCUT2D eigenvalue weighted by atomic mass is 16.5. The van der Waals surface area contributed by atoms with Crippen molar-refractivity contribution in [3.63, 3.8) is 0 Å². The zero-order valence-electron chi connectivity index (χ0n) is 12.2. The maximum absolute atomic E-state index is 11.7. The molecule has 21 heavy (non-hydrogen) atoms. The third-order valence-electron chi connectivity index (χ3n) is 2.75. The first kappa shape index (κ1) is 16.5. The van der Waals surface area contributed by atoms with E-state index >= 15 is 0 Å². The number of methoxy groups -OCH3 is 2. The molecule has 0 atom stereocenters. The summed E-state index contributed by atoms with van der Waals surface area (Å²) in [5.41, 5.74) is 0.849. The molecule has 0 aliphatic carbocycles. The second-order valence-corrected chi connectivity index (χ2v) is 4.12. The lowest BCUT2D eigenvalue weighted by Gasteiger charge is -2.11. The van der Waals surface area contributed by atoms with Crippen LogP contribution in [-0.4, -0.2) is 39.1 Å². The van der Waals surface area contributed by atoms with Gasteiger partial charge in [0.1, 0.15) is 5.75 Å². The third kappa shape index (κ3) is 4.79. The molecule has 1 rings (SSSR count). The molecule has 0 aliphatic rings. The molecule has 0 heterocycles. The summed E-state index contributed by atoms with van der Waals surface area (Å²) in [5, 5.41) is 5.12. The van der Waals surface area contributed by atoms with Crippen LogP contribution in [0, 0.1) is 0 Å². The normalized spacial score (nSPS) is 9.67. The van der Waals surface area contributed by atoms with Crippen LogP contribution in [0.2, 0.25) is 0 Å². The van der Waals surface area contributed by atoms with E-state index in [0.29, 0.717) is 17.0 Å². The Bertz CT molecular complexity index is 542. The molecule has 0 bridgehead atoms. The molecule has 114 valence electrons. The van der Waals surface area contributed by atoms with Gasteiger partial charge in [-0.15, -0.1) is 0 Å². The molecule has 1 aromatic rings. The second kappa shape index (κ2) is 7.88. The predicted octanol–water partition coefficient (Wildman–Crippen LogP) is 0.946. The van der Waals surface area contributed by atoms with Gasteiger partial charge in [-0.1, -0.05) is 0 Å². The lowest BCUT2D eigenvalue weighted by molar-refractivity contribution is -0.141. The van der Waals surface area contributed by atoms with Gasteiger partial charge in [0.15, 0.2) is 0 Å². The standard InChI is InChI=1S/C14H18N2O5/c1-15-14(19)9-4-5-10(11(8-9)20-2)16-12(17)6-7-13(18)21-3/h4-5,8H,6-7H2,1-3H3,(H,15,19)(H,16,17). The van der Waals surface area contributed by atoms with Gasteiger partial charge in [-0.2, -0.15) is 0 Å². The van der Waals surface area contributed by atoms with Crippen LogP contribution in [0.15, 0.2) is 18.2 Å². The molecule has 7 nitrogen and oxygen atoms in total. The van der Waals surface area contributed by atoms with Gasteiger partial charge in [0.25, 0.3) is 5.91 Å². The van der Waals surface area contributed by atoms with Crippen LogP contribution < -0.4 is 15.4 Å². The summed E-state index contributed by atoms with van der Waals surface area (Å²) in [7, 11) is 4.23. The van der Waals surface area contributed by atoms with Crippen molar-refractivity contribution in [2.45, 2.75) is 12.8 Å². The van der Waals surface area contributed by atoms with E-state index in [0.717, 1.165) is 0 Å². The highest BCUT2D eigenvalue weighted by Crippen LogP contribution is 2.25. The maximum atomic E-state index is 11.7. The number of hydrogen-bond donors (Lipinski definition) is 2. The number of nitrogens with one attached hydrogen (secondary N) is 2. The lowest BCUT2D eigenvalue weighted by Crippen LogP contribution is -2.18. The molecule has 0 spiro atoms. The SMILES string of the molecule is CNC(=O)c1ccc(NC(=O)CCC(=O)OC)c(OC)c1. The van der Waals surface area contributed by atoms with Gasteiger partial charge in [-0.25, -0.2) is 0 Å². The molecule has 2 N–H and O–H groups in total. The van der Waals surface area contributed by atoms with Gasteiger partial charge < -0.3 is 20.1 Å². The first-order valence-electron chi connectivity index (χ1n) is 6.28. The minimum absolute atomic E-state index is 0.000965. The molecule has 0 unspecified atom stereocenters. The smallest absolute Gasteiger partial charge is 0.306 e. The van der Waals surface area contributed by atoms with Crippen molar-refractivity contribution in [1.29, 1.82) is 0 Å². The Morgan fingerprint density at radius 3 is 2.43 bits per heavy atom. The van der Waals surface area contributed by atoms with Crippen LogP contribution in [0.3, 0.4) is 0 Å². The van der Waals surface area contributed by atoms with Gasteiger partial charge in [0, 0.05) is 19.0 Å². The minimum atomic E-state index is -0.452. The first-order valence-corrected chi connectivity index (χ1v) is 6.28. The summed E-state index contributed by atoms with van der Waals surface area (Å²) < 4.78 is 9.60. The number of benzene rings is 1. The number of ether oxygens (including phenoxy) is 2. The Balaban J connectivity index is 2.76. The molecule has 0 saturated heterocycles. The van der Waals surface area contributed by atoms with Crippen LogP contribution in [0.4, 0.5) is 5.69 Å². The Morgan fingerprint density at radius 1 is 1.14 bits per heavy atom. The van der Waals surface area contributed by atoms with Gasteiger partial charge in [-0.05, 0) is 18.2 Å². The van der Waals surface area contributed by atoms with E-state index in [1.807, 2.05) is 0 Å². The van der Waals surface area contributed by atoms with E-state index in [4.69, 9.17) is 4.74 Å². The number of carbonyl (C=O) groups excluding carboxylic acids is 3. The molecule has 0 aromatic heterocycles. The Kier molecular flexibility index (Phi) is 6.19. The van der Waals surface area contributed by atoms with E-state index in [-0.39, 0.29) is 24.7 Å². The number of carbonyl (C=O) groups is 3. The molecule has 2 amide bonds. The summed E-state index contributed by atoms with van der Waals surface area (Å²) in [6.07, 6.45) is 0.00793. The predicted molar refractivity (Wildman–Crippen MR) is 76.3 cm³/mol. The average molecular weight is 294 g/mol. The Morgan fingerprint density at radius 2 is 1.86 bits per heavy atom. The van der Waals surface area contributed by atoms with Crippen molar-refractivity contribution < 1.29 is 23.9 Å². The second-order valence-electron chi connectivity index (χ2n) is 4.12. The van der Waals surface area contributed by atoms with E-state index in [1.54, 1.807) is 12.1 Å². The van der Waals surface area contributed by atoms with Gasteiger partial charge in [-0.3, -0.25) is 14.4 Å². The maximum Gasteiger partial charge on any atom is 0.306 e. The fourth-order valence-corrected chi connectivity index (χ4v) is 1.61. The summed E-state index contributed by atoms with van der Waals surface area (Å²) in [4.78, 5) is 34.2. The molecule has 0 aliphatic heterocycles. The summed E-state index contributed by atoms with van der Waals surface area (Å²) in [6.45, 7) is 0. The van der Waals surface area contributed by atoms with E-state index < -0.39 is 5.97 Å². The average Bonchev–Trinajstić information content (AvgIpc) is 2.51. The van der Waals surface area contributed by atoms with Gasteiger partial charge in [0.05, 0.1) is 26.3 Å². The number of rotatable bonds is 6. The third-order valence-corrected chi connectivity index (χ3v) is 2.75. The molecule has 0 fully saturated rings. The van der Waals surface area contributed by atoms with Crippen LogP contribution in [0.1, 0.15) is 23.2 Å². The van der Waals surface area contributed by atoms with Crippen LogP contribution in [0.25, 0.3) is 0 Å². The Hall–Kier alpha value is -2.57. The molecule has 0 saturated carbocycles. The van der Waals surface area contributed by atoms with Crippen molar-refractivity contribution in [3.8, 4) is 5.75 Å². The largest absolute Gasteiger partial charge is 0.495 e. The first-order chi connectivity index (χ1) is 10.0.